The van der Waals surface area contributed by atoms with Gasteiger partial charge in [-0.05, 0) is 12.1 Å². The number of carbonyl (C=O) groups excluding carboxylic acids is 1. The van der Waals surface area contributed by atoms with E-state index in [1.54, 1.807) is 6.07 Å². The lowest BCUT2D eigenvalue weighted by molar-refractivity contribution is -0.120. The average molecular weight is 179 g/mol. The quantitative estimate of drug-likeness (QED) is 0.717. The van der Waals surface area contributed by atoms with Crippen molar-refractivity contribution >= 4 is 11.7 Å². The van der Waals surface area contributed by atoms with Crippen LogP contribution in [0.5, 0.6) is 0 Å². The van der Waals surface area contributed by atoms with E-state index in [1.807, 2.05) is 19.1 Å². The number of pyridine rings is 1. The molecule has 0 unspecified atom stereocenters. The fourth-order valence-corrected chi connectivity index (χ4v) is 0.911. The molecule has 0 aliphatic rings. The van der Waals surface area contributed by atoms with Crippen LogP contribution in [0.15, 0.2) is 18.2 Å². The Balaban J connectivity index is 2.50. The van der Waals surface area contributed by atoms with Gasteiger partial charge in [0.2, 0.25) is 5.91 Å². The van der Waals surface area contributed by atoms with Crippen molar-refractivity contribution in [1.82, 2.24) is 10.3 Å². The fourth-order valence-electron chi connectivity index (χ4n) is 0.911. The van der Waals surface area contributed by atoms with Crippen LogP contribution in [0.2, 0.25) is 0 Å². The standard InChI is InChI=1S/C9H13N3O/c1-2-9(13)11-6-7-4-3-5-8(10)12-7/h3-5H,2,6H2,1H3,(H2,10,12)(H,11,13). The van der Waals surface area contributed by atoms with Crippen molar-refractivity contribution in [2.75, 3.05) is 5.73 Å². The Morgan fingerprint density at radius 1 is 1.62 bits per heavy atom. The summed E-state index contributed by atoms with van der Waals surface area (Å²) in [5.74, 6) is 0.493. The van der Waals surface area contributed by atoms with Crippen molar-refractivity contribution in [3.63, 3.8) is 0 Å². The maximum atomic E-state index is 10.9. The Bertz CT molecular complexity index is 299. The van der Waals surface area contributed by atoms with E-state index < -0.39 is 0 Å². The number of carbonyl (C=O) groups is 1. The zero-order valence-corrected chi connectivity index (χ0v) is 7.58. The summed E-state index contributed by atoms with van der Waals surface area (Å²) in [6.45, 7) is 2.25. The first-order chi connectivity index (χ1) is 6.22. The summed E-state index contributed by atoms with van der Waals surface area (Å²) in [7, 11) is 0. The van der Waals surface area contributed by atoms with E-state index in [1.165, 1.54) is 0 Å². The topological polar surface area (TPSA) is 68.0 Å². The van der Waals surface area contributed by atoms with E-state index >= 15 is 0 Å². The van der Waals surface area contributed by atoms with Gasteiger partial charge in [-0.2, -0.15) is 0 Å². The largest absolute Gasteiger partial charge is 0.384 e. The van der Waals surface area contributed by atoms with Gasteiger partial charge in [-0.1, -0.05) is 13.0 Å². The third-order valence-corrected chi connectivity index (χ3v) is 1.62. The van der Waals surface area contributed by atoms with Gasteiger partial charge in [0.15, 0.2) is 0 Å². The van der Waals surface area contributed by atoms with Crippen molar-refractivity contribution in [1.29, 1.82) is 0 Å². The maximum Gasteiger partial charge on any atom is 0.220 e. The van der Waals surface area contributed by atoms with Crippen LogP contribution in [0, 0.1) is 0 Å². The number of aromatic nitrogens is 1. The second kappa shape index (κ2) is 4.45. The van der Waals surface area contributed by atoms with Crippen LogP contribution in [0.3, 0.4) is 0 Å². The van der Waals surface area contributed by atoms with Crippen LogP contribution in [0.25, 0.3) is 0 Å². The van der Waals surface area contributed by atoms with Gasteiger partial charge in [-0.25, -0.2) is 4.98 Å². The van der Waals surface area contributed by atoms with Crippen LogP contribution >= 0.6 is 0 Å². The molecule has 0 aliphatic carbocycles. The summed E-state index contributed by atoms with van der Waals surface area (Å²) in [6, 6.07) is 5.35. The van der Waals surface area contributed by atoms with Gasteiger partial charge in [-0.15, -0.1) is 0 Å². The van der Waals surface area contributed by atoms with Gasteiger partial charge < -0.3 is 11.1 Å². The molecular formula is C9H13N3O. The highest BCUT2D eigenvalue weighted by Gasteiger charge is 1.98. The molecule has 0 aliphatic heterocycles. The van der Waals surface area contributed by atoms with E-state index in [-0.39, 0.29) is 5.91 Å². The number of nitrogens with two attached hydrogens (primary N) is 1. The van der Waals surface area contributed by atoms with Crippen LogP contribution in [-0.2, 0) is 11.3 Å². The SMILES string of the molecule is CCC(=O)NCc1cccc(N)n1. The number of rotatable bonds is 3. The van der Waals surface area contributed by atoms with Crippen LogP contribution in [-0.4, -0.2) is 10.9 Å². The van der Waals surface area contributed by atoms with Gasteiger partial charge in [0, 0.05) is 6.42 Å². The van der Waals surface area contributed by atoms with Gasteiger partial charge >= 0.3 is 0 Å². The van der Waals surface area contributed by atoms with E-state index in [0.29, 0.717) is 18.8 Å². The highest BCUT2D eigenvalue weighted by molar-refractivity contribution is 5.75. The zero-order valence-electron chi connectivity index (χ0n) is 7.58. The molecular weight excluding hydrogens is 166 g/mol. The van der Waals surface area contributed by atoms with Gasteiger partial charge in [-0.3, -0.25) is 4.79 Å². The molecule has 0 aromatic carbocycles. The minimum Gasteiger partial charge on any atom is -0.384 e. The lowest BCUT2D eigenvalue weighted by Gasteiger charge is -2.02. The molecule has 3 N–H and O–H groups in total. The fraction of sp³-hybridized carbons (Fsp3) is 0.333. The van der Waals surface area contributed by atoms with E-state index in [9.17, 15) is 4.79 Å². The highest BCUT2D eigenvalue weighted by atomic mass is 16.1. The minimum atomic E-state index is 0.0178. The summed E-state index contributed by atoms with van der Waals surface area (Å²) in [6.07, 6.45) is 0.488. The Labute approximate surface area is 77.2 Å². The number of nitrogen functional groups attached to an aromatic ring is 1. The Kier molecular flexibility index (Phi) is 3.25. The van der Waals surface area contributed by atoms with E-state index in [2.05, 4.69) is 10.3 Å². The maximum absolute atomic E-state index is 10.9. The lowest BCUT2D eigenvalue weighted by atomic mass is 10.3. The molecule has 4 nitrogen and oxygen atoms in total. The van der Waals surface area contributed by atoms with Crippen molar-refractivity contribution < 1.29 is 4.79 Å². The van der Waals surface area contributed by atoms with E-state index in [4.69, 9.17) is 5.73 Å². The normalized spacial score (nSPS) is 9.62. The lowest BCUT2D eigenvalue weighted by Crippen LogP contribution is -2.22. The molecule has 0 atom stereocenters. The van der Waals surface area contributed by atoms with Crippen molar-refractivity contribution in [3.8, 4) is 0 Å². The zero-order chi connectivity index (χ0) is 9.68. The molecule has 0 saturated heterocycles. The molecule has 1 heterocycles. The van der Waals surface area contributed by atoms with Gasteiger partial charge in [0.25, 0.3) is 0 Å². The summed E-state index contributed by atoms with van der Waals surface area (Å²) < 4.78 is 0. The molecule has 4 heteroatoms. The molecule has 0 radical (unpaired) electrons. The van der Waals surface area contributed by atoms with Gasteiger partial charge in [0.05, 0.1) is 12.2 Å². The van der Waals surface area contributed by atoms with E-state index in [0.717, 1.165) is 5.69 Å². The first-order valence-electron chi connectivity index (χ1n) is 4.20. The third-order valence-electron chi connectivity index (χ3n) is 1.62. The third kappa shape index (κ3) is 3.11. The number of hydrogen-bond donors (Lipinski definition) is 2. The Morgan fingerprint density at radius 3 is 3.00 bits per heavy atom. The minimum absolute atomic E-state index is 0.0178. The monoisotopic (exact) mass is 179 g/mol. The van der Waals surface area contributed by atoms with Crippen LogP contribution < -0.4 is 11.1 Å². The molecule has 13 heavy (non-hydrogen) atoms. The number of hydrogen-bond acceptors (Lipinski definition) is 3. The number of nitrogens with one attached hydrogen (secondary N) is 1. The molecule has 1 aromatic rings. The first kappa shape index (κ1) is 9.51. The summed E-state index contributed by atoms with van der Waals surface area (Å²) >= 11 is 0. The van der Waals surface area contributed by atoms with Crippen molar-refractivity contribution in [2.45, 2.75) is 19.9 Å². The Morgan fingerprint density at radius 2 is 2.38 bits per heavy atom. The predicted molar refractivity (Wildman–Crippen MR) is 50.8 cm³/mol. The van der Waals surface area contributed by atoms with Crippen molar-refractivity contribution in [3.05, 3.63) is 23.9 Å². The number of anilines is 1. The molecule has 1 rings (SSSR count). The summed E-state index contributed by atoms with van der Waals surface area (Å²) in [5, 5.41) is 2.72. The Hall–Kier alpha value is -1.58. The molecule has 0 saturated carbocycles. The summed E-state index contributed by atoms with van der Waals surface area (Å²) in [4.78, 5) is 14.9. The molecule has 70 valence electrons. The van der Waals surface area contributed by atoms with Crippen LogP contribution in [0.4, 0.5) is 5.82 Å². The second-order valence-corrected chi connectivity index (χ2v) is 2.68. The smallest absolute Gasteiger partial charge is 0.220 e. The number of amides is 1. The number of nitrogens with zero attached hydrogens (tertiary/aromatic N) is 1. The van der Waals surface area contributed by atoms with Crippen LogP contribution in [0.1, 0.15) is 19.0 Å². The molecule has 0 fully saturated rings. The first-order valence-corrected chi connectivity index (χ1v) is 4.20. The molecule has 0 bridgehead atoms. The average Bonchev–Trinajstić information content (AvgIpc) is 2.14. The molecule has 1 amide bonds. The molecule has 1 aromatic heterocycles. The van der Waals surface area contributed by atoms with Gasteiger partial charge in [0.1, 0.15) is 5.82 Å². The molecule has 0 spiro atoms. The predicted octanol–water partition coefficient (Wildman–Crippen LogP) is 0.690. The van der Waals surface area contributed by atoms with Crippen molar-refractivity contribution in [2.24, 2.45) is 0 Å². The highest BCUT2D eigenvalue weighted by Crippen LogP contribution is 1.99. The second-order valence-electron chi connectivity index (χ2n) is 2.68. The summed E-state index contributed by atoms with van der Waals surface area (Å²) in [5.41, 5.74) is 6.25.